The van der Waals surface area contributed by atoms with E-state index < -0.39 is 6.10 Å². The van der Waals surface area contributed by atoms with E-state index in [0.717, 1.165) is 32.2 Å². The van der Waals surface area contributed by atoms with Gasteiger partial charge in [-0.3, -0.25) is 9.69 Å². The van der Waals surface area contributed by atoms with Gasteiger partial charge in [-0.05, 0) is 12.8 Å². The van der Waals surface area contributed by atoms with Gasteiger partial charge in [0.15, 0.2) is 0 Å². The molecule has 1 atom stereocenters. The van der Waals surface area contributed by atoms with Crippen LogP contribution in [0.2, 0.25) is 0 Å². The normalized spacial score (nSPS) is 21.9. The Morgan fingerprint density at radius 2 is 1.84 bits per heavy atom. The molecule has 0 aromatic carbocycles. The minimum atomic E-state index is -0.467. The number of rotatable bonds is 4. The van der Waals surface area contributed by atoms with Crippen molar-refractivity contribution in [3.05, 3.63) is 0 Å². The topological polar surface area (TPSA) is 58.8 Å². The zero-order chi connectivity index (χ0) is 12.3. The van der Waals surface area contributed by atoms with Gasteiger partial charge in [-0.1, -0.05) is 6.42 Å². The molecule has 0 bridgehead atoms. The maximum atomic E-state index is 12.0. The quantitative estimate of drug-likeness (QED) is 0.821. The molecule has 1 amide bonds. The van der Waals surface area contributed by atoms with Crippen LogP contribution < -0.4 is 5.73 Å². The Morgan fingerprint density at radius 1 is 1.26 bits per heavy atom. The fraction of sp³-hybridized carbons (Fsp3) is 0.917. The second kappa shape index (κ2) is 8.97. The third kappa shape index (κ3) is 4.46. The lowest BCUT2D eigenvalue weighted by Gasteiger charge is -2.43. The van der Waals surface area contributed by atoms with Crippen molar-refractivity contribution in [3.63, 3.8) is 0 Å². The number of hydrogen-bond acceptors (Lipinski definition) is 4. The summed E-state index contributed by atoms with van der Waals surface area (Å²) in [5, 5.41) is 0. The molecule has 1 saturated heterocycles. The fourth-order valence-electron chi connectivity index (χ4n) is 2.56. The third-order valence-electron chi connectivity index (χ3n) is 3.99. The second-order valence-electron chi connectivity index (χ2n) is 4.91. The molecule has 1 aliphatic carbocycles. The van der Waals surface area contributed by atoms with E-state index in [9.17, 15) is 4.79 Å². The Kier molecular flexibility index (Phi) is 8.94. The number of amides is 1. The average Bonchev–Trinajstić information content (AvgIpc) is 2.29. The molecule has 1 heterocycles. The highest BCUT2D eigenvalue weighted by Crippen LogP contribution is 2.25. The monoisotopic (exact) mass is 313 g/mol. The Hall–Kier alpha value is -0.0700. The van der Waals surface area contributed by atoms with E-state index in [1.54, 1.807) is 7.11 Å². The highest BCUT2D eigenvalue weighted by Gasteiger charge is 2.31. The van der Waals surface area contributed by atoms with Crippen LogP contribution in [0.15, 0.2) is 0 Å². The number of nitrogens with zero attached hydrogens (tertiary/aromatic N) is 2. The van der Waals surface area contributed by atoms with Crippen LogP contribution in [0.3, 0.4) is 0 Å². The van der Waals surface area contributed by atoms with E-state index in [-0.39, 0.29) is 37.3 Å². The Morgan fingerprint density at radius 3 is 2.21 bits per heavy atom. The maximum Gasteiger partial charge on any atom is 0.253 e. The first kappa shape index (κ1) is 18.9. The first-order chi connectivity index (χ1) is 8.26. The van der Waals surface area contributed by atoms with Gasteiger partial charge in [-0.2, -0.15) is 0 Å². The summed E-state index contributed by atoms with van der Waals surface area (Å²) in [5.74, 6) is 0.0447. The summed E-state index contributed by atoms with van der Waals surface area (Å²) in [7, 11) is 1.54. The van der Waals surface area contributed by atoms with E-state index in [2.05, 4.69) is 4.90 Å². The van der Waals surface area contributed by atoms with Crippen LogP contribution in [-0.2, 0) is 9.53 Å². The molecule has 5 nitrogen and oxygen atoms in total. The lowest BCUT2D eigenvalue weighted by molar-refractivity contribution is -0.143. The van der Waals surface area contributed by atoms with Crippen molar-refractivity contribution in [1.82, 2.24) is 9.80 Å². The number of carbonyl (C=O) groups excluding carboxylic acids is 1. The van der Waals surface area contributed by atoms with Crippen LogP contribution in [-0.4, -0.2) is 67.7 Å². The van der Waals surface area contributed by atoms with E-state index in [0.29, 0.717) is 0 Å². The van der Waals surface area contributed by atoms with Crippen LogP contribution in [0.1, 0.15) is 19.3 Å². The number of nitrogens with two attached hydrogens (primary N) is 1. The molecule has 1 saturated carbocycles. The van der Waals surface area contributed by atoms with Gasteiger partial charge in [-0.15, -0.1) is 24.8 Å². The average molecular weight is 314 g/mol. The number of ether oxygens (including phenoxy) is 1. The van der Waals surface area contributed by atoms with Crippen LogP contribution in [0.25, 0.3) is 0 Å². The lowest BCUT2D eigenvalue weighted by Crippen LogP contribution is -2.56. The number of carbonyl (C=O) groups is 1. The molecule has 0 radical (unpaired) electrons. The molecule has 2 aliphatic rings. The molecule has 0 aromatic heterocycles. The molecule has 0 aromatic rings. The van der Waals surface area contributed by atoms with E-state index >= 15 is 0 Å². The van der Waals surface area contributed by atoms with E-state index in [1.807, 2.05) is 4.90 Å². The van der Waals surface area contributed by atoms with Gasteiger partial charge in [-0.25, -0.2) is 0 Å². The summed E-state index contributed by atoms with van der Waals surface area (Å²) in [6.45, 7) is 3.89. The van der Waals surface area contributed by atoms with Crippen LogP contribution >= 0.6 is 24.8 Å². The molecule has 114 valence electrons. The molecular weight excluding hydrogens is 289 g/mol. The molecule has 2 rings (SSSR count). The van der Waals surface area contributed by atoms with Gasteiger partial charge in [0.05, 0.1) is 0 Å². The first-order valence-electron chi connectivity index (χ1n) is 6.52. The summed E-state index contributed by atoms with van der Waals surface area (Å²) in [6.07, 6.45) is 3.56. The SMILES string of the molecule is COC(CN)C(=O)N1CCN(C2CCC2)CC1.Cl.Cl. The summed E-state index contributed by atoms with van der Waals surface area (Å²) in [6, 6.07) is 0.778. The largest absolute Gasteiger partial charge is 0.370 e. The Labute approximate surface area is 127 Å². The fourth-order valence-corrected chi connectivity index (χ4v) is 2.56. The van der Waals surface area contributed by atoms with Gasteiger partial charge in [0.1, 0.15) is 6.10 Å². The first-order valence-corrected chi connectivity index (χ1v) is 6.52. The van der Waals surface area contributed by atoms with Crippen molar-refractivity contribution < 1.29 is 9.53 Å². The minimum absolute atomic E-state index is 0. The summed E-state index contributed by atoms with van der Waals surface area (Å²) >= 11 is 0. The van der Waals surface area contributed by atoms with Crippen molar-refractivity contribution >= 4 is 30.7 Å². The Bertz CT molecular complexity index is 266. The zero-order valence-electron chi connectivity index (χ0n) is 11.4. The van der Waals surface area contributed by atoms with Crippen LogP contribution in [0, 0.1) is 0 Å². The molecule has 2 fully saturated rings. The maximum absolute atomic E-state index is 12.0. The zero-order valence-corrected chi connectivity index (χ0v) is 13.0. The molecule has 1 aliphatic heterocycles. The minimum Gasteiger partial charge on any atom is -0.370 e. The van der Waals surface area contributed by atoms with E-state index in [1.165, 1.54) is 19.3 Å². The van der Waals surface area contributed by atoms with Crippen LogP contribution in [0.4, 0.5) is 0 Å². The molecule has 7 heteroatoms. The number of piperazine rings is 1. The van der Waals surface area contributed by atoms with E-state index in [4.69, 9.17) is 10.5 Å². The standard InChI is InChI=1S/C12H23N3O2.2ClH/c1-17-11(9-13)12(16)15-7-5-14(6-8-15)10-3-2-4-10;;/h10-11H,2-9,13H2,1H3;2*1H. The highest BCUT2D eigenvalue weighted by molar-refractivity contribution is 5.85. The lowest BCUT2D eigenvalue weighted by atomic mass is 9.91. The molecule has 0 spiro atoms. The van der Waals surface area contributed by atoms with Gasteiger partial charge in [0.2, 0.25) is 0 Å². The summed E-state index contributed by atoms with van der Waals surface area (Å²) < 4.78 is 5.09. The van der Waals surface area contributed by atoms with Crippen LogP contribution in [0.5, 0.6) is 0 Å². The molecule has 19 heavy (non-hydrogen) atoms. The predicted octanol–water partition coefficient (Wildman–Crippen LogP) is 0.500. The highest BCUT2D eigenvalue weighted by atomic mass is 35.5. The van der Waals surface area contributed by atoms with Gasteiger partial charge in [0, 0.05) is 45.9 Å². The third-order valence-corrected chi connectivity index (χ3v) is 3.99. The van der Waals surface area contributed by atoms with Gasteiger partial charge < -0.3 is 15.4 Å². The predicted molar refractivity (Wildman–Crippen MR) is 80.1 cm³/mol. The summed E-state index contributed by atoms with van der Waals surface area (Å²) in [4.78, 5) is 16.4. The van der Waals surface area contributed by atoms with Gasteiger partial charge in [0.25, 0.3) is 5.91 Å². The van der Waals surface area contributed by atoms with Crippen molar-refractivity contribution in [2.75, 3.05) is 39.8 Å². The smallest absolute Gasteiger partial charge is 0.253 e. The molecule has 2 N–H and O–H groups in total. The van der Waals surface area contributed by atoms with Crippen molar-refractivity contribution in [2.24, 2.45) is 5.73 Å². The Balaban J connectivity index is 0.00000162. The number of halogens is 2. The van der Waals surface area contributed by atoms with Crippen molar-refractivity contribution in [1.29, 1.82) is 0 Å². The number of hydrogen-bond donors (Lipinski definition) is 1. The van der Waals surface area contributed by atoms with Crippen molar-refractivity contribution in [2.45, 2.75) is 31.4 Å². The van der Waals surface area contributed by atoms with Gasteiger partial charge >= 0.3 is 0 Å². The molecule has 1 unspecified atom stereocenters. The van der Waals surface area contributed by atoms with Crippen molar-refractivity contribution in [3.8, 4) is 0 Å². The summed E-state index contributed by atoms with van der Waals surface area (Å²) in [5.41, 5.74) is 5.51. The second-order valence-corrected chi connectivity index (χ2v) is 4.91. The molecular formula is C12H25Cl2N3O2. The number of methoxy groups -OCH3 is 1.